The van der Waals surface area contributed by atoms with Gasteiger partial charge in [-0.05, 0) is 12.8 Å². The Balaban J connectivity index is 3.56. The van der Waals surface area contributed by atoms with Gasteiger partial charge < -0.3 is 16.2 Å². The zero-order chi connectivity index (χ0) is 11.7. The van der Waals surface area contributed by atoms with Gasteiger partial charge >= 0.3 is 5.97 Å². The second-order valence-corrected chi connectivity index (χ2v) is 3.16. The molecule has 15 heavy (non-hydrogen) atoms. The molecule has 1 amide bonds. The number of carbonyl (C=O) groups is 2. The first kappa shape index (κ1) is 13.5. The molecule has 0 fully saturated rings. The van der Waals surface area contributed by atoms with Crippen molar-refractivity contribution in [2.45, 2.75) is 31.7 Å². The first-order valence-corrected chi connectivity index (χ1v) is 4.76. The molecule has 0 rings (SSSR count). The number of hydrogen-bond donors (Lipinski definition) is 3. The standard InChI is InChI=1S/C10H16N2O3/c1-2-3-4-5-6-12-10(15)8(11)7-9(13)14/h1,8H,3-7,11H2,(H,12,15)(H,13,14). The lowest BCUT2D eigenvalue weighted by Gasteiger charge is -2.09. The summed E-state index contributed by atoms with van der Waals surface area (Å²) in [6.07, 6.45) is 6.99. The molecule has 5 heteroatoms. The van der Waals surface area contributed by atoms with Crippen molar-refractivity contribution in [3.63, 3.8) is 0 Å². The Hall–Kier alpha value is -1.54. The first-order valence-electron chi connectivity index (χ1n) is 4.76. The highest BCUT2D eigenvalue weighted by molar-refractivity contribution is 5.85. The van der Waals surface area contributed by atoms with Gasteiger partial charge in [-0.15, -0.1) is 12.3 Å². The van der Waals surface area contributed by atoms with Crippen LogP contribution in [-0.4, -0.2) is 29.6 Å². The minimum absolute atomic E-state index is 0.351. The zero-order valence-electron chi connectivity index (χ0n) is 8.53. The molecule has 0 saturated heterocycles. The summed E-state index contributed by atoms with van der Waals surface area (Å²) in [6.45, 7) is 0.480. The third-order valence-corrected chi connectivity index (χ3v) is 1.78. The van der Waals surface area contributed by atoms with Crippen molar-refractivity contribution in [3.8, 4) is 12.3 Å². The summed E-state index contributed by atoms with van der Waals surface area (Å²) in [6, 6.07) is -0.977. The van der Waals surface area contributed by atoms with E-state index in [4.69, 9.17) is 17.3 Å². The molecule has 4 N–H and O–H groups in total. The summed E-state index contributed by atoms with van der Waals surface area (Å²) in [5.41, 5.74) is 5.33. The van der Waals surface area contributed by atoms with Gasteiger partial charge in [0.1, 0.15) is 0 Å². The van der Waals surface area contributed by atoms with Crippen molar-refractivity contribution in [3.05, 3.63) is 0 Å². The van der Waals surface area contributed by atoms with Crippen LogP contribution in [0.4, 0.5) is 0 Å². The lowest BCUT2D eigenvalue weighted by molar-refractivity contribution is -0.139. The minimum atomic E-state index is -1.08. The van der Waals surface area contributed by atoms with E-state index in [2.05, 4.69) is 11.2 Å². The number of rotatable bonds is 7. The van der Waals surface area contributed by atoms with E-state index in [0.29, 0.717) is 13.0 Å². The lowest BCUT2D eigenvalue weighted by atomic mass is 10.2. The molecule has 0 heterocycles. The van der Waals surface area contributed by atoms with E-state index in [0.717, 1.165) is 12.8 Å². The Morgan fingerprint density at radius 1 is 1.47 bits per heavy atom. The molecule has 0 aromatic rings. The van der Waals surface area contributed by atoms with Gasteiger partial charge in [-0.3, -0.25) is 9.59 Å². The van der Waals surface area contributed by atoms with Gasteiger partial charge in [0.05, 0.1) is 12.5 Å². The molecular weight excluding hydrogens is 196 g/mol. The van der Waals surface area contributed by atoms with E-state index < -0.39 is 17.9 Å². The molecular formula is C10H16N2O3. The van der Waals surface area contributed by atoms with Crippen LogP contribution in [0.5, 0.6) is 0 Å². The molecule has 0 aliphatic carbocycles. The number of hydrogen-bond acceptors (Lipinski definition) is 3. The van der Waals surface area contributed by atoms with Crippen molar-refractivity contribution >= 4 is 11.9 Å². The van der Waals surface area contributed by atoms with Gasteiger partial charge in [0.15, 0.2) is 0 Å². The summed E-state index contributed by atoms with van der Waals surface area (Å²) >= 11 is 0. The molecule has 0 aliphatic rings. The summed E-state index contributed by atoms with van der Waals surface area (Å²) in [4.78, 5) is 21.4. The number of amides is 1. The van der Waals surface area contributed by atoms with E-state index in [-0.39, 0.29) is 6.42 Å². The molecule has 5 nitrogen and oxygen atoms in total. The summed E-state index contributed by atoms with van der Waals surface area (Å²) in [5.74, 6) is 0.979. The second kappa shape index (κ2) is 7.83. The summed E-state index contributed by atoms with van der Waals surface area (Å²) in [7, 11) is 0. The number of terminal acetylenes is 1. The van der Waals surface area contributed by atoms with Gasteiger partial charge in [0.2, 0.25) is 5.91 Å². The molecule has 1 atom stereocenters. The van der Waals surface area contributed by atoms with Gasteiger partial charge in [-0.25, -0.2) is 0 Å². The minimum Gasteiger partial charge on any atom is -0.481 e. The van der Waals surface area contributed by atoms with Crippen LogP contribution in [0.1, 0.15) is 25.7 Å². The molecule has 0 aromatic heterocycles. The maximum absolute atomic E-state index is 11.2. The molecule has 0 bridgehead atoms. The molecule has 0 radical (unpaired) electrons. The van der Waals surface area contributed by atoms with Gasteiger partial charge in [0.25, 0.3) is 0 Å². The Labute approximate surface area is 89.0 Å². The van der Waals surface area contributed by atoms with Crippen molar-refractivity contribution < 1.29 is 14.7 Å². The molecule has 1 unspecified atom stereocenters. The summed E-state index contributed by atoms with van der Waals surface area (Å²) < 4.78 is 0. The molecule has 0 spiro atoms. The topological polar surface area (TPSA) is 92.4 Å². The molecule has 0 aromatic carbocycles. The van der Waals surface area contributed by atoms with Gasteiger partial charge in [0, 0.05) is 13.0 Å². The van der Waals surface area contributed by atoms with Crippen LogP contribution in [0.3, 0.4) is 0 Å². The van der Waals surface area contributed by atoms with Crippen molar-refractivity contribution in [1.29, 1.82) is 0 Å². The monoisotopic (exact) mass is 212 g/mol. The van der Waals surface area contributed by atoms with Crippen LogP contribution in [0.2, 0.25) is 0 Å². The molecule has 0 saturated carbocycles. The fourth-order valence-corrected chi connectivity index (χ4v) is 0.976. The maximum Gasteiger partial charge on any atom is 0.305 e. The van der Waals surface area contributed by atoms with Crippen LogP contribution < -0.4 is 11.1 Å². The number of carboxylic acid groups (broad SMARTS) is 1. The lowest BCUT2D eigenvalue weighted by Crippen LogP contribution is -2.42. The van der Waals surface area contributed by atoms with Crippen LogP contribution in [0.25, 0.3) is 0 Å². The van der Waals surface area contributed by atoms with Crippen molar-refractivity contribution in [2.75, 3.05) is 6.54 Å². The van der Waals surface area contributed by atoms with E-state index in [1.165, 1.54) is 0 Å². The molecule has 84 valence electrons. The maximum atomic E-state index is 11.2. The van der Waals surface area contributed by atoms with Crippen molar-refractivity contribution in [2.24, 2.45) is 5.73 Å². The normalized spacial score (nSPS) is 11.5. The van der Waals surface area contributed by atoms with E-state index in [9.17, 15) is 9.59 Å². The number of nitrogens with two attached hydrogens (primary N) is 1. The van der Waals surface area contributed by atoms with Crippen LogP contribution >= 0.6 is 0 Å². The quantitative estimate of drug-likeness (QED) is 0.399. The fourth-order valence-electron chi connectivity index (χ4n) is 0.976. The van der Waals surface area contributed by atoms with Crippen LogP contribution in [-0.2, 0) is 9.59 Å². The predicted octanol–water partition coefficient (Wildman–Crippen LogP) is -0.292. The predicted molar refractivity (Wildman–Crippen MR) is 55.9 cm³/mol. The fraction of sp³-hybridized carbons (Fsp3) is 0.600. The number of unbranched alkanes of at least 4 members (excludes halogenated alkanes) is 2. The molecule has 0 aliphatic heterocycles. The highest BCUT2D eigenvalue weighted by Gasteiger charge is 2.15. The zero-order valence-corrected chi connectivity index (χ0v) is 8.53. The Kier molecular flexibility index (Phi) is 7.02. The van der Waals surface area contributed by atoms with Gasteiger partial charge in [-0.1, -0.05) is 0 Å². The highest BCUT2D eigenvalue weighted by atomic mass is 16.4. The summed E-state index contributed by atoms with van der Waals surface area (Å²) in [5, 5.41) is 10.9. The van der Waals surface area contributed by atoms with Crippen LogP contribution in [0, 0.1) is 12.3 Å². The van der Waals surface area contributed by atoms with E-state index in [1.54, 1.807) is 0 Å². The average Bonchev–Trinajstić information content (AvgIpc) is 2.16. The highest BCUT2D eigenvalue weighted by Crippen LogP contribution is 1.93. The average molecular weight is 212 g/mol. The van der Waals surface area contributed by atoms with Gasteiger partial charge in [-0.2, -0.15) is 0 Å². The van der Waals surface area contributed by atoms with E-state index >= 15 is 0 Å². The van der Waals surface area contributed by atoms with Crippen LogP contribution in [0.15, 0.2) is 0 Å². The Morgan fingerprint density at radius 2 is 2.13 bits per heavy atom. The number of carbonyl (C=O) groups excluding carboxylic acids is 1. The first-order chi connectivity index (χ1) is 7.07. The number of aliphatic carboxylic acids is 1. The number of carboxylic acids is 1. The Bertz CT molecular complexity index is 258. The smallest absolute Gasteiger partial charge is 0.305 e. The Morgan fingerprint density at radius 3 is 2.67 bits per heavy atom. The van der Waals surface area contributed by atoms with E-state index in [1.807, 2.05) is 0 Å². The third kappa shape index (κ3) is 7.52. The number of nitrogens with one attached hydrogen (secondary N) is 1. The largest absolute Gasteiger partial charge is 0.481 e. The SMILES string of the molecule is C#CCCCCNC(=O)C(N)CC(=O)O. The third-order valence-electron chi connectivity index (χ3n) is 1.78. The second-order valence-electron chi connectivity index (χ2n) is 3.16. The van der Waals surface area contributed by atoms with Crippen molar-refractivity contribution in [1.82, 2.24) is 5.32 Å².